The largest absolute Gasteiger partial charge is 0.316 e. The minimum atomic E-state index is -0.154. The van der Waals surface area contributed by atoms with E-state index in [1.807, 2.05) is 6.07 Å². The maximum atomic E-state index is 12.9. The maximum absolute atomic E-state index is 12.9. The van der Waals surface area contributed by atoms with E-state index in [-0.39, 0.29) is 5.82 Å². The zero-order valence-corrected chi connectivity index (χ0v) is 9.51. The van der Waals surface area contributed by atoms with Crippen molar-refractivity contribution in [3.63, 3.8) is 0 Å². The molecule has 2 rings (SSSR count). The molecule has 16 heavy (non-hydrogen) atoms. The number of rotatable bonds is 4. The molecule has 0 amide bonds. The third-order valence-electron chi connectivity index (χ3n) is 3.05. The van der Waals surface area contributed by atoms with Gasteiger partial charge in [-0.05, 0) is 56.1 Å². The average molecular weight is 222 g/mol. The highest BCUT2D eigenvalue weighted by Gasteiger charge is 2.11. The Morgan fingerprint density at radius 3 is 3.12 bits per heavy atom. The van der Waals surface area contributed by atoms with Crippen LogP contribution in [0.3, 0.4) is 0 Å². The molecule has 2 nitrogen and oxygen atoms in total. The van der Waals surface area contributed by atoms with Gasteiger partial charge in [-0.2, -0.15) is 0 Å². The molecule has 0 saturated carbocycles. The number of nitrogens with one attached hydrogen (secondary N) is 2. The highest BCUT2D eigenvalue weighted by molar-refractivity contribution is 5.15. The molecule has 0 spiro atoms. The molecule has 88 valence electrons. The molecule has 1 aromatic carbocycles. The predicted octanol–water partition coefficient (Wildman–Crippen LogP) is 1.91. The molecule has 1 aliphatic rings. The third kappa shape index (κ3) is 3.58. The normalized spacial score (nSPS) is 20.9. The zero-order chi connectivity index (χ0) is 11.2. The van der Waals surface area contributed by atoms with E-state index in [0.29, 0.717) is 0 Å². The van der Waals surface area contributed by atoms with Crippen molar-refractivity contribution in [2.24, 2.45) is 5.92 Å². The molecule has 1 atom stereocenters. The first kappa shape index (κ1) is 11.6. The fraction of sp³-hybridized carbons (Fsp3) is 0.538. The lowest BCUT2D eigenvalue weighted by molar-refractivity contribution is 0.360. The molecule has 2 N–H and O–H groups in total. The van der Waals surface area contributed by atoms with Crippen molar-refractivity contribution in [3.8, 4) is 0 Å². The minimum absolute atomic E-state index is 0.154. The van der Waals surface area contributed by atoms with E-state index in [1.165, 1.54) is 18.9 Å². The first-order valence-electron chi connectivity index (χ1n) is 6.00. The van der Waals surface area contributed by atoms with E-state index in [0.717, 1.165) is 37.7 Å². The van der Waals surface area contributed by atoms with E-state index in [9.17, 15) is 4.39 Å². The van der Waals surface area contributed by atoms with Gasteiger partial charge in [0, 0.05) is 6.54 Å². The quantitative estimate of drug-likeness (QED) is 0.813. The molecular weight excluding hydrogens is 203 g/mol. The van der Waals surface area contributed by atoms with Crippen molar-refractivity contribution >= 4 is 0 Å². The van der Waals surface area contributed by atoms with Gasteiger partial charge in [0.15, 0.2) is 0 Å². The second-order valence-corrected chi connectivity index (χ2v) is 4.47. The smallest absolute Gasteiger partial charge is 0.123 e. The molecule has 1 aromatic rings. The summed E-state index contributed by atoms with van der Waals surface area (Å²) in [6.45, 7) is 4.04. The third-order valence-corrected chi connectivity index (χ3v) is 3.05. The van der Waals surface area contributed by atoms with Crippen molar-refractivity contribution in [1.82, 2.24) is 10.6 Å². The van der Waals surface area contributed by atoms with Crippen LogP contribution in [0.5, 0.6) is 0 Å². The van der Waals surface area contributed by atoms with Crippen LogP contribution in [-0.2, 0) is 6.54 Å². The lowest BCUT2D eigenvalue weighted by Gasteiger charge is -2.22. The summed E-state index contributed by atoms with van der Waals surface area (Å²) >= 11 is 0. The van der Waals surface area contributed by atoms with Gasteiger partial charge < -0.3 is 10.6 Å². The number of hydrogen-bond donors (Lipinski definition) is 2. The number of benzene rings is 1. The fourth-order valence-electron chi connectivity index (χ4n) is 2.17. The summed E-state index contributed by atoms with van der Waals surface area (Å²) in [4.78, 5) is 0. The molecule has 0 radical (unpaired) electrons. The van der Waals surface area contributed by atoms with Gasteiger partial charge in [0.25, 0.3) is 0 Å². The van der Waals surface area contributed by atoms with Crippen LogP contribution >= 0.6 is 0 Å². The van der Waals surface area contributed by atoms with Crippen LogP contribution in [0, 0.1) is 11.7 Å². The first-order valence-corrected chi connectivity index (χ1v) is 6.00. The van der Waals surface area contributed by atoms with Crippen LogP contribution in [0.25, 0.3) is 0 Å². The number of hydrogen-bond acceptors (Lipinski definition) is 2. The second kappa shape index (κ2) is 5.97. The average Bonchev–Trinajstić information content (AvgIpc) is 2.30. The molecule has 1 aliphatic heterocycles. The SMILES string of the molecule is Fc1cccc(CNCC2CCCNC2)c1. The zero-order valence-electron chi connectivity index (χ0n) is 9.51. The molecule has 0 aromatic heterocycles. The highest BCUT2D eigenvalue weighted by Crippen LogP contribution is 2.09. The molecule has 0 aliphatic carbocycles. The Bertz CT molecular complexity index is 321. The van der Waals surface area contributed by atoms with Gasteiger partial charge >= 0.3 is 0 Å². The topological polar surface area (TPSA) is 24.1 Å². The van der Waals surface area contributed by atoms with Crippen molar-refractivity contribution in [2.75, 3.05) is 19.6 Å². The van der Waals surface area contributed by atoms with Crippen molar-refractivity contribution in [1.29, 1.82) is 0 Å². The van der Waals surface area contributed by atoms with Gasteiger partial charge in [0.2, 0.25) is 0 Å². The minimum Gasteiger partial charge on any atom is -0.316 e. The van der Waals surface area contributed by atoms with Gasteiger partial charge in [0.1, 0.15) is 5.82 Å². The summed E-state index contributed by atoms with van der Waals surface area (Å²) in [6, 6.07) is 6.78. The van der Waals surface area contributed by atoms with Gasteiger partial charge in [-0.25, -0.2) is 4.39 Å². The van der Waals surface area contributed by atoms with E-state index < -0.39 is 0 Å². The van der Waals surface area contributed by atoms with Crippen LogP contribution in [0.2, 0.25) is 0 Å². The van der Waals surface area contributed by atoms with Crippen LogP contribution in [-0.4, -0.2) is 19.6 Å². The van der Waals surface area contributed by atoms with E-state index in [1.54, 1.807) is 12.1 Å². The van der Waals surface area contributed by atoms with Crippen LogP contribution in [0.15, 0.2) is 24.3 Å². The predicted molar refractivity (Wildman–Crippen MR) is 63.7 cm³/mol. The van der Waals surface area contributed by atoms with Crippen LogP contribution in [0.1, 0.15) is 18.4 Å². The second-order valence-electron chi connectivity index (χ2n) is 4.47. The highest BCUT2D eigenvalue weighted by atomic mass is 19.1. The summed E-state index contributed by atoms with van der Waals surface area (Å²) in [7, 11) is 0. The van der Waals surface area contributed by atoms with E-state index in [4.69, 9.17) is 0 Å². The van der Waals surface area contributed by atoms with Crippen molar-refractivity contribution < 1.29 is 4.39 Å². The molecule has 3 heteroatoms. The maximum Gasteiger partial charge on any atom is 0.123 e. The van der Waals surface area contributed by atoms with E-state index >= 15 is 0 Å². The number of halogens is 1. The first-order chi connectivity index (χ1) is 7.84. The Hall–Kier alpha value is -0.930. The van der Waals surface area contributed by atoms with Crippen LogP contribution < -0.4 is 10.6 Å². The Labute approximate surface area is 96.2 Å². The lowest BCUT2D eigenvalue weighted by atomic mass is 10.00. The monoisotopic (exact) mass is 222 g/mol. The standard InChI is InChI=1S/C13H19FN2/c14-13-5-1-3-11(7-13)8-16-10-12-4-2-6-15-9-12/h1,3,5,7,12,15-16H,2,4,6,8-10H2. The van der Waals surface area contributed by atoms with Crippen molar-refractivity contribution in [2.45, 2.75) is 19.4 Å². The molecule has 1 saturated heterocycles. The molecule has 1 fully saturated rings. The Kier molecular flexibility index (Phi) is 4.31. The Morgan fingerprint density at radius 2 is 2.38 bits per heavy atom. The summed E-state index contributed by atoms with van der Waals surface area (Å²) < 4.78 is 12.9. The van der Waals surface area contributed by atoms with Gasteiger partial charge in [-0.15, -0.1) is 0 Å². The molecule has 0 bridgehead atoms. The summed E-state index contributed by atoms with van der Waals surface area (Å²) in [5.41, 5.74) is 1.02. The van der Waals surface area contributed by atoms with Gasteiger partial charge in [0.05, 0.1) is 0 Å². The van der Waals surface area contributed by atoms with Crippen molar-refractivity contribution in [3.05, 3.63) is 35.6 Å². The molecule has 1 unspecified atom stereocenters. The molecule has 1 heterocycles. The van der Waals surface area contributed by atoms with Gasteiger partial charge in [-0.3, -0.25) is 0 Å². The summed E-state index contributed by atoms with van der Waals surface area (Å²) in [5.74, 6) is 0.570. The van der Waals surface area contributed by atoms with E-state index in [2.05, 4.69) is 10.6 Å². The summed E-state index contributed by atoms with van der Waals surface area (Å²) in [5, 5.41) is 6.78. The summed E-state index contributed by atoms with van der Waals surface area (Å²) in [6.07, 6.45) is 2.56. The lowest BCUT2D eigenvalue weighted by Crippen LogP contribution is -2.35. The Morgan fingerprint density at radius 1 is 1.44 bits per heavy atom. The van der Waals surface area contributed by atoms with Crippen LogP contribution in [0.4, 0.5) is 4.39 Å². The number of piperidine rings is 1. The fourth-order valence-corrected chi connectivity index (χ4v) is 2.17. The Balaban J connectivity index is 1.71. The van der Waals surface area contributed by atoms with Gasteiger partial charge in [-0.1, -0.05) is 12.1 Å². The molecular formula is C13H19FN2.